The molecule has 1 saturated heterocycles. The molecule has 2 aromatic rings. The number of fused-ring (bicyclic) bond motifs is 1. The van der Waals surface area contributed by atoms with Crippen LogP contribution in [-0.2, 0) is 14.4 Å². The van der Waals surface area contributed by atoms with E-state index in [-0.39, 0.29) is 33.5 Å². The van der Waals surface area contributed by atoms with E-state index in [0.29, 0.717) is 47.7 Å². The minimum absolute atomic E-state index is 0.00545. The number of phenols is 2. The van der Waals surface area contributed by atoms with E-state index in [1.807, 2.05) is 12.2 Å². The average Bonchev–Trinajstić information content (AvgIpc) is 3.62. The highest BCUT2D eigenvalue weighted by Crippen LogP contribution is 2.41. The number of anilines is 1. The van der Waals surface area contributed by atoms with E-state index in [4.69, 9.17) is 17.3 Å². The van der Waals surface area contributed by atoms with Crippen LogP contribution in [0.25, 0.3) is 5.57 Å². The van der Waals surface area contributed by atoms with E-state index in [2.05, 4.69) is 22.2 Å². The summed E-state index contributed by atoms with van der Waals surface area (Å²) in [5, 5.41) is 36.0. The summed E-state index contributed by atoms with van der Waals surface area (Å²) in [5.41, 5.74) is 6.49. The quantitative estimate of drug-likeness (QED) is 0.0720. The number of nitrogen functional groups attached to an aromatic ring is 1. The molecule has 0 radical (unpaired) electrons. The molecular weight excluding hydrogens is 620 g/mol. The predicted octanol–water partition coefficient (Wildman–Crippen LogP) is 1.36. The third-order valence-corrected chi connectivity index (χ3v) is 9.93. The number of thioether (sulfide) groups is 1. The Bertz CT molecular complexity index is 1600. The number of carboxylic acid groups (broad SMARTS) is 1. The van der Waals surface area contributed by atoms with Gasteiger partial charge >= 0.3 is 5.97 Å². The van der Waals surface area contributed by atoms with Gasteiger partial charge in [0.2, 0.25) is 0 Å². The standard InChI is InChI=1S/C27H27ClN6O7S2/c1-13(16-12-43-27(29)31-16)22(37)32-19-24(39)33-20(26(40)41)14(11-42-25(19)33)10-34(7-2-3-8-34)9-6-30-23(38)15-4-5-17(35)21(36)18(15)28/h2-5,12,19,25H,1,6-11H2,(H6-,29,30,31,32,35,36,37,38,40,41)/p+1/t19-,25-/m1/s1. The second kappa shape index (κ2) is 11.9. The normalized spacial score (nSPS) is 20.4. The molecule has 0 bridgehead atoms. The third kappa shape index (κ3) is 5.80. The van der Waals surface area contributed by atoms with Crippen molar-refractivity contribution >= 4 is 69.1 Å². The van der Waals surface area contributed by atoms with Crippen LogP contribution in [0, 0.1) is 0 Å². The van der Waals surface area contributed by atoms with Crippen molar-refractivity contribution < 1.29 is 39.0 Å². The number of amides is 3. The number of rotatable bonds is 10. The Morgan fingerprint density at radius 1 is 1.23 bits per heavy atom. The van der Waals surface area contributed by atoms with E-state index < -0.39 is 46.6 Å². The van der Waals surface area contributed by atoms with Gasteiger partial charge in [-0.05, 0) is 24.3 Å². The number of aliphatic carboxylic acids is 1. The number of β-lactam (4-membered cyclic amide) rings is 1. The first kappa shape index (κ1) is 30.4. The van der Waals surface area contributed by atoms with Crippen LogP contribution in [0.5, 0.6) is 11.5 Å². The highest BCUT2D eigenvalue weighted by molar-refractivity contribution is 8.00. The lowest BCUT2D eigenvalue weighted by atomic mass is 10.0. The number of thiazole rings is 1. The number of aromatic hydroxyl groups is 2. The fourth-order valence-corrected chi connectivity index (χ4v) is 7.43. The Hall–Kier alpha value is -4.05. The van der Waals surface area contributed by atoms with Crippen molar-refractivity contribution in [3.05, 3.63) is 63.8 Å². The fourth-order valence-electron chi connectivity index (χ4n) is 5.27. The first-order valence-electron chi connectivity index (χ1n) is 13.0. The second-order valence-electron chi connectivity index (χ2n) is 10.3. The molecule has 0 saturated carbocycles. The summed E-state index contributed by atoms with van der Waals surface area (Å²) in [6, 6.07) is 1.56. The Morgan fingerprint density at radius 3 is 2.60 bits per heavy atom. The van der Waals surface area contributed by atoms with Crippen LogP contribution in [0.15, 0.2) is 47.5 Å². The molecule has 0 aliphatic carbocycles. The average molecular weight is 648 g/mol. The zero-order valence-electron chi connectivity index (χ0n) is 22.6. The minimum atomic E-state index is -1.24. The number of quaternary nitrogens is 1. The molecule has 13 nitrogen and oxygen atoms in total. The number of aromatic nitrogens is 1. The van der Waals surface area contributed by atoms with E-state index in [1.165, 1.54) is 28.8 Å². The Labute approximate surface area is 258 Å². The third-order valence-electron chi connectivity index (χ3n) is 7.53. The molecule has 3 aliphatic heterocycles. The van der Waals surface area contributed by atoms with Crippen molar-refractivity contribution in [2.24, 2.45) is 0 Å². The SMILES string of the molecule is C=C(C(=O)N[C@@H]1C(=O)N2C(C(=O)O)=C(C[N+]3(CCNC(=O)c4ccc(O)c(O)c4Cl)CC=CC3)CS[C@H]12)c1csc(N)n1. The lowest BCUT2D eigenvalue weighted by Crippen LogP contribution is -2.71. The molecule has 7 N–H and O–H groups in total. The molecule has 2 atom stereocenters. The van der Waals surface area contributed by atoms with Crippen LogP contribution in [0.2, 0.25) is 5.02 Å². The molecule has 4 heterocycles. The Kier molecular flexibility index (Phi) is 8.42. The molecule has 226 valence electrons. The number of nitrogens with zero attached hydrogens (tertiary/aromatic N) is 3. The molecule has 1 fully saturated rings. The summed E-state index contributed by atoms with van der Waals surface area (Å²) in [7, 11) is 0. The van der Waals surface area contributed by atoms with Crippen molar-refractivity contribution in [1.29, 1.82) is 0 Å². The van der Waals surface area contributed by atoms with Crippen LogP contribution in [0.3, 0.4) is 0 Å². The lowest BCUT2D eigenvalue weighted by Gasteiger charge is -2.50. The highest BCUT2D eigenvalue weighted by atomic mass is 35.5. The van der Waals surface area contributed by atoms with Crippen molar-refractivity contribution in [2.45, 2.75) is 11.4 Å². The lowest BCUT2D eigenvalue weighted by molar-refractivity contribution is -0.907. The summed E-state index contributed by atoms with van der Waals surface area (Å²) in [6.45, 7) is 5.92. The summed E-state index contributed by atoms with van der Waals surface area (Å²) < 4.78 is 0.422. The van der Waals surface area contributed by atoms with Gasteiger partial charge in [0, 0.05) is 16.7 Å². The Morgan fingerprint density at radius 2 is 1.95 bits per heavy atom. The number of carbonyl (C=O) groups excluding carboxylic acids is 3. The van der Waals surface area contributed by atoms with Crippen LogP contribution < -0.4 is 16.4 Å². The number of nitrogens with one attached hydrogen (secondary N) is 2. The van der Waals surface area contributed by atoms with Crippen molar-refractivity contribution in [3.63, 3.8) is 0 Å². The van der Waals surface area contributed by atoms with Gasteiger partial charge in [0.15, 0.2) is 16.6 Å². The maximum absolute atomic E-state index is 13.2. The van der Waals surface area contributed by atoms with Crippen molar-refractivity contribution in [2.75, 3.05) is 44.2 Å². The van der Waals surface area contributed by atoms with Crippen LogP contribution in [0.4, 0.5) is 5.13 Å². The molecule has 16 heteroatoms. The van der Waals surface area contributed by atoms with Crippen LogP contribution in [0.1, 0.15) is 16.1 Å². The maximum Gasteiger partial charge on any atom is 0.352 e. The maximum atomic E-state index is 13.2. The van der Waals surface area contributed by atoms with Crippen LogP contribution >= 0.6 is 34.7 Å². The zero-order chi connectivity index (χ0) is 31.1. The van der Waals surface area contributed by atoms with Gasteiger partial charge in [-0.25, -0.2) is 9.78 Å². The minimum Gasteiger partial charge on any atom is -0.504 e. The number of phenolic OH excluding ortho intramolecular Hbond substituents is 2. The first-order valence-corrected chi connectivity index (χ1v) is 15.3. The van der Waals surface area contributed by atoms with E-state index in [0.717, 1.165) is 11.3 Å². The van der Waals surface area contributed by atoms with Gasteiger partial charge in [0.05, 0.1) is 48.0 Å². The van der Waals surface area contributed by atoms with Gasteiger partial charge in [-0.3, -0.25) is 19.3 Å². The van der Waals surface area contributed by atoms with E-state index in [1.54, 1.807) is 5.38 Å². The topological polar surface area (TPSA) is 195 Å². The molecule has 0 spiro atoms. The molecule has 3 aliphatic rings. The van der Waals surface area contributed by atoms with Gasteiger partial charge in [-0.2, -0.15) is 0 Å². The summed E-state index contributed by atoms with van der Waals surface area (Å²) in [5.74, 6) is -3.58. The van der Waals surface area contributed by atoms with Crippen LogP contribution in [-0.4, -0.2) is 103 Å². The van der Waals surface area contributed by atoms with E-state index >= 15 is 0 Å². The number of carboxylic acids is 1. The first-order chi connectivity index (χ1) is 20.4. The van der Waals surface area contributed by atoms with E-state index in [9.17, 15) is 34.5 Å². The molecule has 5 rings (SSSR count). The summed E-state index contributed by atoms with van der Waals surface area (Å²) >= 11 is 8.53. The fraction of sp³-hybridized carbons (Fsp3) is 0.296. The molecular formula is C27H28ClN6O7S2+. The van der Waals surface area contributed by atoms with Crippen molar-refractivity contribution in [3.8, 4) is 11.5 Å². The molecule has 3 amide bonds. The van der Waals surface area contributed by atoms with Gasteiger partial charge < -0.3 is 36.2 Å². The Balaban J connectivity index is 1.26. The van der Waals surface area contributed by atoms with Gasteiger partial charge in [-0.15, -0.1) is 23.1 Å². The molecule has 1 aromatic heterocycles. The number of benzene rings is 1. The van der Waals surface area contributed by atoms with Gasteiger partial charge in [0.25, 0.3) is 17.7 Å². The monoisotopic (exact) mass is 647 g/mol. The predicted molar refractivity (Wildman–Crippen MR) is 161 cm³/mol. The molecule has 43 heavy (non-hydrogen) atoms. The zero-order valence-corrected chi connectivity index (χ0v) is 25.0. The van der Waals surface area contributed by atoms with Crippen molar-refractivity contribution in [1.82, 2.24) is 20.5 Å². The molecule has 0 unspecified atom stereocenters. The number of carbonyl (C=O) groups is 4. The highest BCUT2D eigenvalue weighted by Gasteiger charge is 2.55. The van der Waals surface area contributed by atoms with Gasteiger partial charge in [-0.1, -0.05) is 18.2 Å². The number of hydrogen-bond acceptors (Lipinski definition) is 10. The number of hydrogen-bond donors (Lipinski definition) is 6. The smallest absolute Gasteiger partial charge is 0.352 e. The summed E-state index contributed by atoms with van der Waals surface area (Å²) in [4.78, 5) is 56.3. The molecule has 1 aromatic carbocycles. The summed E-state index contributed by atoms with van der Waals surface area (Å²) in [6.07, 6.45) is 3.97. The largest absolute Gasteiger partial charge is 0.504 e. The second-order valence-corrected chi connectivity index (χ2v) is 12.7. The van der Waals surface area contributed by atoms with Gasteiger partial charge in [0.1, 0.15) is 23.7 Å². The number of nitrogens with two attached hydrogens (primary N) is 1. The number of halogens is 1.